The molecule has 1 amide bonds. The molecule has 0 saturated carbocycles. The standard InChI is InChI=1S/C12H16N2O/c1-9-4-2-3-5-11(9)14-12(15)6-10-7-13-8-10/h2-5,10,13H,6-8H2,1H3,(H,14,15). The smallest absolute Gasteiger partial charge is 0.224 e. The molecule has 1 aliphatic rings. The zero-order valence-electron chi connectivity index (χ0n) is 8.92. The summed E-state index contributed by atoms with van der Waals surface area (Å²) in [6, 6.07) is 7.85. The fourth-order valence-electron chi connectivity index (χ4n) is 1.67. The van der Waals surface area contributed by atoms with Gasteiger partial charge in [0, 0.05) is 12.1 Å². The first-order valence-electron chi connectivity index (χ1n) is 5.32. The molecule has 15 heavy (non-hydrogen) atoms. The third kappa shape index (κ3) is 2.57. The van der Waals surface area contributed by atoms with Gasteiger partial charge in [-0.05, 0) is 37.6 Å². The number of hydrogen-bond acceptors (Lipinski definition) is 2. The van der Waals surface area contributed by atoms with Gasteiger partial charge in [-0.15, -0.1) is 0 Å². The zero-order valence-corrected chi connectivity index (χ0v) is 8.92. The second-order valence-corrected chi connectivity index (χ2v) is 4.09. The highest BCUT2D eigenvalue weighted by Crippen LogP contribution is 2.15. The number of anilines is 1. The summed E-state index contributed by atoms with van der Waals surface area (Å²) in [6.07, 6.45) is 0.626. The molecule has 0 radical (unpaired) electrons. The summed E-state index contributed by atoms with van der Waals surface area (Å²) in [6.45, 7) is 3.95. The first-order chi connectivity index (χ1) is 7.25. The first kappa shape index (κ1) is 10.2. The first-order valence-corrected chi connectivity index (χ1v) is 5.32. The van der Waals surface area contributed by atoms with E-state index in [1.54, 1.807) is 0 Å². The van der Waals surface area contributed by atoms with Crippen LogP contribution in [0.15, 0.2) is 24.3 Å². The highest BCUT2D eigenvalue weighted by atomic mass is 16.1. The van der Waals surface area contributed by atoms with Crippen molar-refractivity contribution in [3.63, 3.8) is 0 Å². The number of amides is 1. The number of carbonyl (C=O) groups is 1. The Morgan fingerprint density at radius 3 is 2.80 bits per heavy atom. The summed E-state index contributed by atoms with van der Waals surface area (Å²) in [5.41, 5.74) is 2.03. The fraction of sp³-hybridized carbons (Fsp3) is 0.417. The van der Waals surface area contributed by atoms with Gasteiger partial charge in [-0.25, -0.2) is 0 Å². The molecule has 3 heteroatoms. The Bertz CT molecular complexity index is 358. The van der Waals surface area contributed by atoms with Gasteiger partial charge in [-0.2, -0.15) is 0 Å². The molecule has 1 heterocycles. The van der Waals surface area contributed by atoms with E-state index < -0.39 is 0 Å². The minimum atomic E-state index is 0.121. The van der Waals surface area contributed by atoms with Gasteiger partial charge in [0.2, 0.25) is 5.91 Å². The van der Waals surface area contributed by atoms with Crippen molar-refractivity contribution < 1.29 is 4.79 Å². The lowest BCUT2D eigenvalue weighted by molar-refractivity contribution is -0.117. The van der Waals surface area contributed by atoms with Crippen LogP contribution < -0.4 is 10.6 Å². The Labute approximate surface area is 89.9 Å². The van der Waals surface area contributed by atoms with E-state index in [1.165, 1.54) is 0 Å². The summed E-state index contributed by atoms with van der Waals surface area (Å²) in [5, 5.41) is 6.10. The Balaban J connectivity index is 1.90. The molecule has 0 aromatic heterocycles. The Kier molecular flexibility index (Phi) is 3.02. The molecule has 2 rings (SSSR count). The maximum Gasteiger partial charge on any atom is 0.224 e. The van der Waals surface area contributed by atoms with E-state index in [0.717, 1.165) is 24.3 Å². The van der Waals surface area contributed by atoms with Gasteiger partial charge < -0.3 is 10.6 Å². The Morgan fingerprint density at radius 1 is 1.47 bits per heavy atom. The van der Waals surface area contributed by atoms with Crippen LogP contribution in [-0.2, 0) is 4.79 Å². The van der Waals surface area contributed by atoms with Crippen LogP contribution in [0.1, 0.15) is 12.0 Å². The van der Waals surface area contributed by atoms with Crippen molar-refractivity contribution in [1.29, 1.82) is 0 Å². The molecule has 0 unspecified atom stereocenters. The second kappa shape index (κ2) is 4.45. The molecule has 1 fully saturated rings. The lowest BCUT2D eigenvalue weighted by Gasteiger charge is -2.26. The van der Waals surface area contributed by atoms with E-state index >= 15 is 0 Å². The number of hydrogen-bond donors (Lipinski definition) is 2. The van der Waals surface area contributed by atoms with Gasteiger partial charge in [-0.3, -0.25) is 4.79 Å². The van der Waals surface area contributed by atoms with E-state index in [1.807, 2.05) is 31.2 Å². The number of nitrogens with one attached hydrogen (secondary N) is 2. The largest absolute Gasteiger partial charge is 0.326 e. The third-order valence-electron chi connectivity index (χ3n) is 2.76. The average Bonchev–Trinajstić information content (AvgIpc) is 2.16. The van der Waals surface area contributed by atoms with Crippen LogP contribution in [0.4, 0.5) is 5.69 Å². The van der Waals surface area contributed by atoms with Crippen molar-refractivity contribution in [2.45, 2.75) is 13.3 Å². The van der Waals surface area contributed by atoms with E-state index in [0.29, 0.717) is 12.3 Å². The van der Waals surface area contributed by atoms with Gasteiger partial charge in [-0.1, -0.05) is 18.2 Å². The average molecular weight is 204 g/mol. The van der Waals surface area contributed by atoms with E-state index in [9.17, 15) is 4.79 Å². The van der Waals surface area contributed by atoms with Gasteiger partial charge in [0.05, 0.1) is 0 Å². The molecular formula is C12H16N2O. The number of rotatable bonds is 3. The monoisotopic (exact) mass is 204 g/mol. The molecule has 1 aromatic rings. The molecule has 3 nitrogen and oxygen atoms in total. The molecule has 0 spiro atoms. The number of benzene rings is 1. The van der Waals surface area contributed by atoms with Crippen molar-refractivity contribution >= 4 is 11.6 Å². The Morgan fingerprint density at radius 2 is 2.20 bits per heavy atom. The number of para-hydroxylation sites is 1. The normalized spacial score (nSPS) is 15.8. The predicted octanol–water partition coefficient (Wildman–Crippen LogP) is 1.54. The second-order valence-electron chi connectivity index (χ2n) is 4.09. The fourth-order valence-corrected chi connectivity index (χ4v) is 1.67. The summed E-state index contributed by atoms with van der Waals surface area (Å²) in [7, 11) is 0. The van der Waals surface area contributed by atoms with Crippen LogP contribution in [-0.4, -0.2) is 19.0 Å². The topological polar surface area (TPSA) is 41.1 Å². The third-order valence-corrected chi connectivity index (χ3v) is 2.76. The lowest BCUT2D eigenvalue weighted by Crippen LogP contribution is -2.43. The summed E-state index contributed by atoms with van der Waals surface area (Å²) >= 11 is 0. The number of carbonyl (C=O) groups excluding carboxylic acids is 1. The molecule has 2 N–H and O–H groups in total. The van der Waals surface area contributed by atoms with Gasteiger partial charge in [0.25, 0.3) is 0 Å². The SMILES string of the molecule is Cc1ccccc1NC(=O)CC1CNC1. The lowest BCUT2D eigenvalue weighted by atomic mass is 9.99. The van der Waals surface area contributed by atoms with Gasteiger partial charge in [0.15, 0.2) is 0 Å². The van der Waals surface area contributed by atoms with Crippen molar-refractivity contribution in [3.8, 4) is 0 Å². The maximum atomic E-state index is 11.6. The summed E-state index contributed by atoms with van der Waals surface area (Å²) in [4.78, 5) is 11.6. The van der Waals surface area contributed by atoms with Crippen LogP contribution in [0.5, 0.6) is 0 Å². The van der Waals surface area contributed by atoms with Crippen molar-refractivity contribution in [1.82, 2.24) is 5.32 Å². The molecule has 1 saturated heterocycles. The van der Waals surface area contributed by atoms with Crippen molar-refractivity contribution in [2.24, 2.45) is 5.92 Å². The summed E-state index contributed by atoms with van der Waals surface area (Å²) in [5.74, 6) is 0.643. The quantitative estimate of drug-likeness (QED) is 0.784. The van der Waals surface area contributed by atoms with Crippen LogP contribution in [0.3, 0.4) is 0 Å². The molecule has 0 aliphatic carbocycles. The van der Waals surface area contributed by atoms with Crippen molar-refractivity contribution in [2.75, 3.05) is 18.4 Å². The van der Waals surface area contributed by atoms with Crippen LogP contribution in [0.25, 0.3) is 0 Å². The minimum Gasteiger partial charge on any atom is -0.326 e. The highest BCUT2D eigenvalue weighted by molar-refractivity contribution is 5.91. The molecular weight excluding hydrogens is 188 g/mol. The maximum absolute atomic E-state index is 11.6. The summed E-state index contributed by atoms with van der Waals surface area (Å²) < 4.78 is 0. The molecule has 1 aliphatic heterocycles. The molecule has 1 aromatic carbocycles. The minimum absolute atomic E-state index is 0.121. The van der Waals surface area contributed by atoms with Crippen LogP contribution in [0.2, 0.25) is 0 Å². The van der Waals surface area contributed by atoms with E-state index in [2.05, 4.69) is 10.6 Å². The van der Waals surface area contributed by atoms with Crippen LogP contribution >= 0.6 is 0 Å². The van der Waals surface area contributed by atoms with Crippen LogP contribution in [0, 0.1) is 12.8 Å². The highest BCUT2D eigenvalue weighted by Gasteiger charge is 2.20. The Hall–Kier alpha value is -1.35. The molecule has 0 atom stereocenters. The van der Waals surface area contributed by atoms with Gasteiger partial charge in [0.1, 0.15) is 0 Å². The van der Waals surface area contributed by atoms with Crippen molar-refractivity contribution in [3.05, 3.63) is 29.8 Å². The molecule has 80 valence electrons. The van der Waals surface area contributed by atoms with E-state index in [4.69, 9.17) is 0 Å². The zero-order chi connectivity index (χ0) is 10.7. The van der Waals surface area contributed by atoms with E-state index in [-0.39, 0.29) is 5.91 Å². The van der Waals surface area contributed by atoms with Gasteiger partial charge >= 0.3 is 0 Å². The number of aryl methyl sites for hydroxylation is 1. The molecule has 0 bridgehead atoms. The predicted molar refractivity (Wildman–Crippen MR) is 60.8 cm³/mol.